The molecule has 42 heavy (non-hydrogen) atoms. The summed E-state index contributed by atoms with van der Waals surface area (Å²) in [5.41, 5.74) is -1.31. The standard InChI is InChI=1S/C28H21F5N3O4PS/c1-27(29,30)14-5-13(6-15(8-14)28(31,32)33)7-25(38)36-26-35-18-11-23(41)22(12-24(18)42-26)40-20-3-4-34-17-10-19(37)21(39-2)9-16(17)20/h3-6,8-12,37H,7,41H2,1-2H3,(H,35,36,38). The monoisotopic (exact) mass is 621 g/mol. The third-order valence-electron chi connectivity index (χ3n) is 6.18. The van der Waals surface area contributed by atoms with Crippen molar-refractivity contribution in [2.75, 3.05) is 12.4 Å². The highest BCUT2D eigenvalue weighted by atomic mass is 32.1. The highest BCUT2D eigenvalue weighted by Crippen LogP contribution is 2.38. The molecule has 0 spiro atoms. The molecule has 7 nitrogen and oxygen atoms in total. The van der Waals surface area contributed by atoms with Crippen LogP contribution in [0.2, 0.25) is 0 Å². The first-order chi connectivity index (χ1) is 19.7. The molecule has 218 valence electrons. The molecule has 1 amide bonds. The van der Waals surface area contributed by atoms with E-state index >= 15 is 0 Å². The van der Waals surface area contributed by atoms with Gasteiger partial charge in [0.05, 0.1) is 34.8 Å². The van der Waals surface area contributed by atoms with Crippen LogP contribution in [0.15, 0.2) is 54.7 Å². The number of ether oxygens (including phenoxy) is 2. The van der Waals surface area contributed by atoms with Gasteiger partial charge in [-0.15, -0.1) is 9.24 Å². The summed E-state index contributed by atoms with van der Waals surface area (Å²) >= 11 is 1.10. The largest absolute Gasteiger partial charge is 0.504 e. The lowest BCUT2D eigenvalue weighted by Crippen LogP contribution is -2.17. The summed E-state index contributed by atoms with van der Waals surface area (Å²) in [4.78, 5) is 21.3. The quantitative estimate of drug-likeness (QED) is 0.148. The number of anilines is 1. The first-order valence-electron chi connectivity index (χ1n) is 12.1. The minimum absolute atomic E-state index is 0.0705. The molecule has 5 rings (SSSR count). The van der Waals surface area contributed by atoms with Crippen molar-refractivity contribution in [3.63, 3.8) is 0 Å². The van der Waals surface area contributed by atoms with Gasteiger partial charge < -0.3 is 19.9 Å². The van der Waals surface area contributed by atoms with Gasteiger partial charge in [-0.05, 0) is 42.0 Å². The van der Waals surface area contributed by atoms with E-state index in [1.165, 1.54) is 19.4 Å². The number of rotatable bonds is 7. The van der Waals surface area contributed by atoms with Gasteiger partial charge in [0.15, 0.2) is 16.6 Å². The summed E-state index contributed by atoms with van der Waals surface area (Å²) in [5.74, 6) is -3.18. The van der Waals surface area contributed by atoms with Crippen LogP contribution in [0, 0.1) is 0 Å². The number of aromatic nitrogens is 2. The summed E-state index contributed by atoms with van der Waals surface area (Å²) in [6.07, 6.45) is -3.90. The Morgan fingerprint density at radius 1 is 1.00 bits per heavy atom. The van der Waals surface area contributed by atoms with Gasteiger partial charge in [-0.3, -0.25) is 9.78 Å². The van der Waals surface area contributed by atoms with Crippen LogP contribution in [0.4, 0.5) is 27.1 Å². The van der Waals surface area contributed by atoms with Gasteiger partial charge in [0, 0.05) is 41.5 Å². The molecule has 3 aromatic carbocycles. The molecule has 0 bridgehead atoms. The minimum Gasteiger partial charge on any atom is -0.504 e. The van der Waals surface area contributed by atoms with Crippen molar-refractivity contribution in [2.24, 2.45) is 0 Å². The number of alkyl halides is 5. The van der Waals surface area contributed by atoms with Crippen LogP contribution in [-0.4, -0.2) is 28.1 Å². The lowest BCUT2D eigenvalue weighted by Gasteiger charge is -2.16. The first kappa shape index (κ1) is 29.4. The van der Waals surface area contributed by atoms with Gasteiger partial charge in [0.2, 0.25) is 5.91 Å². The first-order valence-corrected chi connectivity index (χ1v) is 13.5. The van der Waals surface area contributed by atoms with Crippen molar-refractivity contribution in [3.05, 3.63) is 71.4 Å². The van der Waals surface area contributed by atoms with Gasteiger partial charge in [0.1, 0.15) is 11.5 Å². The number of carbonyl (C=O) groups is 1. The Bertz CT molecular complexity index is 1810. The van der Waals surface area contributed by atoms with E-state index in [4.69, 9.17) is 9.47 Å². The molecule has 2 heterocycles. The minimum atomic E-state index is -4.86. The maximum atomic E-state index is 13.8. The molecule has 0 aliphatic carbocycles. The van der Waals surface area contributed by atoms with E-state index in [0.29, 0.717) is 57.0 Å². The number of fused-ring (bicyclic) bond motifs is 2. The second-order valence-corrected chi connectivity index (χ2v) is 11.0. The molecular formula is C28H21F5N3O4PS. The number of hydrogen-bond donors (Lipinski definition) is 2. The number of phenolic OH excluding ortho intramolecular Hbond substituents is 1. The number of nitrogens with one attached hydrogen (secondary N) is 1. The molecule has 5 aromatic rings. The van der Waals surface area contributed by atoms with Crippen LogP contribution in [0.1, 0.15) is 23.6 Å². The molecule has 0 aliphatic rings. The summed E-state index contributed by atoms with van der Waals surface area (Å²) in [5, 5.41) is 14.0. The number of pyridine rings is 1. The van der Waals surface area contributed by atoms with Gasteiger partial charge in [0.25, 0.3) is 5.92 Å². The summed E-state index contributed by atoms with van der Waals surface area (Å²) in [7, 11) is 3.96. The Kier molecular flexibility index (Phi) is 7.67. The van der Waals surface area contributed by atoms with Crippen LogP contribution >= 0.6 is 20.6 Å². The molecule has 0 aliphatic heterocycles. The van der Waals surface area contributed by atoms with E-state index in [-0.39, 0.29) is 22.2 Å². The van der Waals surface area contributed by atoms with Gasteiger partial charge >= 0.3 is 6.18 Å². The second-order valence-electron chi connectivity index (χ2n) is 9.36. The topological polar surface area (TPSA) is 93.6 Å². The maximum Gasteiger partial charge on any atom is 0.416 e. The summed E-state index contributed by atoms with van der Waals surface area (Å²) < 4.78 is 79.5. The third kappa shape index (κ3) is 6.22. The molecule has 0 saturated heterocycles. The number of carbonyl (C=O) groups excluding carboxylic acids is 1. The van der Waals surface area contributed by atoms with E-state index in [9.17, 15) is 31.9 Å². The van der Waals surface area contributed by atoms with Crippen molar-refractivity contribution >= 4 is 58.0 Å². The van der Waals surface area contributed by atoms with Crippen LogP contribution in [-0.2, 0) is 23.3 Å². The molecule has 2 aromatic heterocycles. The summed E-state index contributed by atoms with van der Waals surface area (Å²) in [6, 6.07) is 10.1. The Morgan fingerprint density at radius 2 is 1.74 bits per heavy atom. The van der Waals surface area contributed by atoms with Crippen LogP contribution < -0.4 is 20.1 Å². The Morgan fingerprint density at radius 3 is 2.43 bits per heavy atom. The average Bonchev–Trinajstić information content (AvgIpc) is 3.27. The highest BCUT2D eigenvalue weighted by molar-refractivity contribution is 7.28. The number of hydrogen-bond acceptors (Lipinski definition) is 7. The van der Waals surface area contributed by atoms with Crippen LogP contribution in [0.5, 0.6) is 23.0 Å². The maximum absolute atomic E-state index is 13.8. The zero-order valence-corrected chi connectivity index (χ0v) is 23.8. The molecular weight excluding hydrogens is 600 g/mol. The summed E-state index contributed by atoms with van der Waals surface area (Å²) in [6.45, 7) is 0.491. The number of aromatic hydroxyl groups is 1. The Labute approximate surface area is 241 Å². The Balaban J connectivity index is 1.39. The molecule has 2 N–H and O–H groups in total. The number of amides is 1. The predicted octanol–water partition coefficient (Wildman–Crippen LogP) is 7.16. The molecule has 14 heteroatoms. The lowest BCUT2D eigenvalue weighted by molar-refractivity contribution is -0.138. The number of nitrogens with zero attached hydrogens (tertiary/aromatic N) is 2. The fraction of sp³-hybridized carbons (Fsp3) is 0.179. The third-order valence-corrected chi connectivity index (χ3v) is 7.56. The van der Waals surface area contributed by atoms with Crippen molar-refractivity contribution in [1.82, 2.24) is 9.97 Å². The van der Waals surface area contributed by atoms with Crippen LogP contribution in [0.25, 0.3) is 21.1 Å². The molecule has 1 unspecified atom stereocenters. The van der Waals surface area contributed by atoms with Crippen molar-refractivity contribution in [2.45, 2.75) is 25.4 Å². The number of benzene rings is 3. The fourth-order valence-electron chi connectivity index (χ4n) is 4.18. The number of phenols is 1. The van der Waals surface area contributed by atoms with Crippen LogP contribution in [0.3, 0.4) is 0 Å². The molecule has 0 saturated carbocycles. The number of thiazole rings is 1. The van der Waals surface area contributed by atoms with E-state index in [0.717, 1.165) is 17.4 Å². The van der Waals surface area contributed by atoms with Gasteiger partial charge in [-0.2, -0.15) is 13.2 Å². The molecule has 0 fully saturated rings. The van der Waals surface area contributed by atoms with E-state index in [1.807, 2.05) is 0 Å². The number of methoxy groups -OCH3 is 1. The van der Waals surface area contributed by atoms with Gasteiger partial charge in [-0.1, -0.05) is 11.3 Å². The SMILES string of the molecule is COc1cc2c(Oc3cc4sc(NC(=O)Cc5cc(C(C)(F)F)cc(C(F)(F)F)c5)nc4cc3P)ccnc2cc1O. The van der Waals surface area contributed by atoms with Crippen molar-refractivity contribution < 1.29 is 41.3 Å². The second kappa shape index (κ2) is 11.0. The van der Waals surface area contributed by atoms with E-state index in [1.54, 1.807) is 24.3 Å². The van der Waals surface area contributed by atoms with E-state index in [2.05, 4.69) is 24.5 Å². The zero-order chi connectivity index (χ0) is 30.4. The Hall–Kier alpha value is -4.09. The molecule has 1 atom stereocenters. The van der Waals surface area contributed by atoms with Crippen molar-refractivity contribution in [3.8, 4) is 23.0 Å². The highest BCUT2D eigenvalue weighted by Gasteiger charge is 2.34. The zero-order valence-electron chi connectivity index (χ0n) is 21.8. The molecule has 0 radical (unpaired) electrons. The normalized spacial score (nSPS) is 12.1. The predicted molar refractivity (Wildman–Crippen MR) is 152 cm³/mol. The average molecular weight is 622 g/mol. The number of halogens is 5. The fourth-order valence-corrected chi connectivity index (χ4v) is 5.37. The van der Waals surface area contributed by atoms with E-state index < -0.39 is 35.6 Å². The van der Waals surface area contributed by atoms with Crippen molar-refractivity contribution in [1.29, 1.82) is 0 Å². The lowest BCUT2D eigenvalue weighted by atomic mass is 9.99. The smallest absolute Gasteiger partial charge is 0.416 e. The van der Waals surface area contributed by atoms with Gasteiger partial charge in [-0.25, -0.2) is 13.8 Å².